The van der Waals surface area contributed by atoms with Crippen LogP contribution in [0, 0.1) is 17.3 Å². The molecule has 0 aromatic carbocycles. The Balaban J connectivity index is 1.75. The van der Waals surface area contributed by atoms with Gasteiger partial charge < -0.3 is 10.6 Å². The monoisotopic (exact) mass is 336 g/mol. The van der Waals surface area contributed by atoms with Gasteiger partial charge in [-0.25, -0.2) is 0 Å². The van der Waals surface area contributed by atoms with Crippen LogP contribution in [-0.4, -0.2) is 23.9 Å². The Morgan fingerprint density at radius 2 is 1.50 bits per heavy atom. The third-order valence-corrected chi connectivity index (χ3v) is 6.71. The fourth-order valence-corrected chi connectivity index (χ4v) is 4.32. The summed E-state index contributed by atoms with van der Waals surface area (Å²) in [6.45, 7) is 9.11. The maximum atomic E-state index is 12.2. The molecule has 2 atom stereocenters. The largest absolute Gasteiger partial charge is 0.345 e. The zero-order chi connectivity index (χ0) is 17.7. The van der Waals surface area contributed by atoms with Crippen molar-refractivity contribution in [3.8, 4) is 0 Å². The van der Waals surface area contributed by atoms with Crippen molar-refractivity contribution < 1.29 is 9.59 Å². The van der Waals surface area contributed by atoms with Crippen molar-refractivity contribution in [2.45, 2.75) is 97.6 Å². The summed E-state index contributed by atoms with van der Waals surface area (Å²) in [5, 5.41) is 5.91. The lowest BCUT2D eigenvalue weighted by atomic mass is 9.69. The molecule has 138 valence electrons. The lowest BCUT2D eigenvalue weighted by molar-refractivity contribution is -0.140. The molecule has 0 spiro atoms. The molecule has 2 amide bonds. The molecule has 0 unspecified atom stereocenters. The Morgan fingerprint density at radius 1 is 0.917 bits per heavy atom. The SMILES string of the molecule is CCC(C)(C)C1CCC(NC(=O)C(=O)N[C@@H]2CCCC[C@@H]2C)CC1. The highest BCUT2D eigenvalue weighted by molar-refractivity contribution is 6.35. The van der Waals surface area contributed by atoms with E-state index in [9.17, 15) is 9.59 Å². The van der Waals surface area contributed by atoms with Crippen molar-refractivity contribution in [1.82, 2.24) is 10.6 Å². The van der Waals surface area contributed by atoms with Crippen molar-refractivity contribution in [3.05, 3.63) is 0 Å². The fraction of sp³-hybridized carbons (Fsp3) is 0.900. The third-order valence-electron chi connectivity index (χ3n) is 6.71. The number of carbonyl (C=O) groups is 2. The number of hydrogen-bond donors (Lipinski definition) is 2. The molecule has 0 saturated heterocycles. The third kappa shape index (κ3) is 4.97. The van der Waals surface area contributed by atoms with Gasteiger partial charge in [0, 0.05) is 12.1 Å². The fourth-order valence-electron chi connectivity index (χ4n) is 4.32. The first-order chi connectivity index (χ1) is 11.3. The lowest BCUT2D eigenvalue weighted by Gasteiger charge is -2.39. The summed E-state index contributed by atoms with van der Waals surface area (Å²) in [6.07, 6.45) is 9.99. The van der Waals surface area contributed by atoms with Crippen LogP contribution >= 0.6 is 0 Å². The van der Waals surface area contributed by atoms with Crippen LogP contribution in [0.5, 0.6) is 0 Å². The Morgan fingerprint density at radius 3 is 2.08 bits per heavy atom. The molecule has 2 saturated carbocycles. The number of amides is 2. The van der Waals surface area contributed by atoms with Crippen molar-refractivity contribution in [3.63, 3.8) is 0 Å². The highest BCUT2D eigenvalue weighted by atomic mass is 16.2. The van der Waals surface area contributed by atoms with Gasteiger partial charge in [0.25, 0.3) is 0 Å². The van der Waals surface area contributed by atoms with Gasteiger partial charge in [-0.1, -0.05) is 47.0 Å². The van der Waals surface area contributed by atoms with E-state index < -0.39 is 11.8 Å². The summed E-state index contributed by atoms with van der Waals surface area (Å²) >= 11 is 0. The van der Waals surface area contributed by atoms with Crippen LogP contribution in [-0.2, 0) is 9.59 Å². The highest BCUT2D eigenvalue weighted by Crippen LogP contribution is 2.40. The van der Waals surface area contributed by atoms with Gasteiger partial charge in [0.05, 0.1) is 0 Å². The zero-order valence-electron chi connectivity index (χ0n) is 16.0. The van der Waals surface area contributed by atoms with Crippen LogP contribution in [0.1, 0.15) is 85.5 Å². The van der Waals surface area contributed by atoms with Crippen molar-refractivity contribution in [1.29, 1.82) is 0 Å². The normalized spacial score (nSPS) is 31.3. The van der Waals surface area contributed by atoms with Crippen molar-refractivity contribution in [2.75, 3.05) is 0 Å². The van der Waals surface area contributed by atoms with E-state index in [4.69, 9.17) is 0 Å². The first kappa shape index (κ1) is 19.3. The van der Waals surface area contributed by atoms with E-state index in [1.54, 1.807) is 0 Å². The van der Waals surface area contributed by atoms with Crippen LogP contribution in [0.4, 0.5) is 0 Å². The van der Waals surface area contributed by atoms with Crippen LogP contribution in [0.25, 0.3) is 0 Å². The standard InChI is InChI=1S/C20H36N2O2/c1-5-20(3,4)15-10-12-16(13-11-15)21-18(23)19(24)22-17-9-7-6-8-14(17)2/h14-17H,5-13H2,1-4H3,(H,21,23)(H,22,24)/t14-,15?,16?,17+/m0/s1. The molecule has 2 N–H and O–H groups in total. The number of nitrogens with one attached hydrogen (secondary N) is 2. The minimum atomic E-state index is -0.440. The van der Waals surface area contributed by atoms with Crippen molar-refractivity contribution >= 4 is 11.8 Å². The second-order valence-electron chi connectivity index (χ2n) is 8.71. The lowest BCUT2D eigenvalue weighted by Crippen LogP contribution is -2.50. The molecule has 0 aromatic heterocycles. The molecule has 0 radical (unpaired) electrons. The minimum Gasteiger partial charge on any atom is -0.345 e. The molecular formula is C20H36N2O2. The summed E-state index contributed by atoms with van der Waals surface area (Å²) in [4.78, 5) is 24.4. The van der Waals surface area contributed by atoms with E-state index in [2.05, 4.69) is 38.3 Å². The Hall–Kier alpha value is -1.06. The molecule has 0 bridgehead atoms. The van der Waals surface area contributed by atoms with Crippen LogP contribution in [0.15, 0.2) is 0 Å². The van der Waals surface area contributed by atoms with E-state index in [1.165, 1.54) is 12.8 Å². The van der Waals surface area contributed by atoms with Gasteiger partial charge in [-0.3, -0.25) is 9.59 Å². The van der Waals surface area contributed by atoms with Gasteiger partial charge in [0.2, 0.25) is 0 Å². The number of rotatable bonds is 4. The minimum absolute atomic E-state index is 0.163. The zero-order valence-corrected chi connectivity index (χ0v) is 16.0. The maximum Gasteiger partial charge on any atom is 0.309 e. The number of hydrogen-bond acceptors (Lipinski definition) is 2. The topological polar surface area (TPSA) is 58.2 Å². The molecule has 2 rings (SSSR count). The van der Waals surface area contributed by atoms with Gasteiger partial charge in [0.1, 0.15) is 0 Å². The maximum absolute atomic E-state index is 12.2. The molecule has 0 heterocycles. The smallest absolute Gasteiger partial charge is 0.309 e. The Labute approximate surface area is 147 Å². The predicted molar refractivity (Wildman–Crippen MR) is 97.5 cm³/mol. The van der Waals surface area contributed by atoms with E-state index in [0.29, 0.717) is 11.3 Å². The first-order valence-electron chi connectivity index (χ1n) is 9.95. The summed E-state index contributed by atoms with van der Waals surface area (Å²) in [5.41, 5.74) is 0.378. The van der Waals surface area contributed by atoms with E-state index in [1.807, 2.05) is 0 Å². The average Bonchev–Trinajstić information content (AvgIpc) is 2.57. The predicted octanol–water partition coefficient (Wildman–Crippen LogP) is 3.79. The molecule has 2 fully saturated rings. The Kier molecular flexibility index (Phi) is 6.70. The highest BCUT2D eigenvalue weighted by Gasteiger charge is 2.33. The van der Waals surface area contributed by atoms with Crippen LogP contribution in [0.2, 0.25) is 0 Å². The molecule has 4 nitrogen and oxygen atoms in total. The van der Waals surface area contributed by atoms with Gasteiger partial charge in [0.15, 0.2) is 0 Å². The quantitative estimate of drug-likeness (QED) is 0.767. The second kappa shape index (κ2) is 8.35. The molecule has 2 aliphatic rings. The summed E-state index contributed by atoms with van der Waals surface area (Å²) in [6, 6.07) is 0.328. The number of carbonyl (C=O) groups excluding carboxylic acids is 2. The second-order valence-corrected chi connectivity index (χ2v) is 8.71. The molecule has 24 heavy (non-hydrogen) atoms. The van der Waals surface area contributed by atoms with E-state index >= 15 is 0 Å². The van der Waals surface area contributed by atoms with Gasteiger partial charge >= 0.3 is 11.8 Å². The van der Waals surface area contributed by atoms with E-state index in [-0.39, 0.29) is 12.1 Å². The molecule has 4 heteroatoms. The average molecular weight is 337 g/mol. The molecule has 0 aromatic rings. The van der Waals surface area contributed by atoms with Gasteiger partial charge in [-0.15, -0.1) is 0 Å². The van der Waals surface area contributed by atoms with Gasteiger partial charge in [-0.05, 0) is 55.8 Å². The molecule has 2 aliphatic carbocycles. The van der Waals surface area contributed by atoms with Crippen LogP contribution < -0.4 is 10.6 Å². The first-order valence-corrected chi connectivity index (χ1v) is 9.95. The van der Waals surface area contributed by atoms with Crippen molar-refractivity contribution in [2.24, 2.45) is 17.3 Å². The summed E-state index contributed by atoms with van der Waals surface area (Å²) in [5.74, 6) is 0.325. The Bertz CT molecular complexity index is 439. The molecule has 0 aliphatic heterocycles. The van der Waals surface area contributed by atoms with Gasteiger partial charge in [-0.2, -0.15) is 0 Å². The summed E-state index contributed by atoms with van der Waals surface area (Å²) < 4.78 is 0. The summed E-state index contributed by atoms with van der Waals surface area (Å²) in [7, 11) is 0. The van der Waals surface area contributed by atoms with Crippen LogP contribution in [0.3, 0.4) is 0 Å². The van der Waals surface area contributed by atoms with E-state index in [0.717, 1.165) is 50.9 Å². The molecular weight excluding hydrogens is 300 g/mol.